The van der Waals surface area contributed by atoms with Gasteiger partial charge in [-0.15, -0.1) is 0 Å². The minimum absolute atomic E-state index is 0.175. The number of fused-ring (bicyclic) bond motifs is 4. The van der Waals surface area contributed by atoms with Crippen molar-refractivity contribution < 1.29 is 4.74 Å². The Morgan fingerprint density at radius 2 is 1.83 bits per heavy atom. The Morgan fingerprint density at radius 1 is 1.09 bits per heavy atom. The molecule has 1 aromatic carbocycles. The van der Waals surface area contributed by atoms with E-state index < -0.39 is 0 Å². The Kier molecular flexibility index (Phi) is 3.14. The zero-order valence-corrected chi connectivity index (χ0v) is 14.6. The molecule has 23 heavy (non-hydrogen) atoms. The van der Waals surface area contributed by atoms with Crippen LogP contribution in [-0.2, 0) is 5.60 Å². The third kappa shape index (κ3) is 2.29. The van der Waals surface area contributed by atoms with Gasteiger partial charge in [-0.05, 0) is 57.5 Å². The van der Waals surface area contributed by atoms with Crippen LogP contribution < -0.4 is 4.74 Å². The number of nitrogens with zero attached hydrogens (tertiary/aromatic N) is 2. The lowest BCUT2D eigenvalue weighted by Gasteiger charge is -2.48. The lowest BCUT2D eigenvalue weighted by molar-refractivity contribution is -0.0353. The highest BCUT2D eigenvalue weighted by molar-refractivity contribution is 5.53. The zero-order chi connectivity index (χ0) is 16.2. The first-order valence-corrected chi connectivity index (χ1v) is 8.62. The molecule has 2 aliphatic heterocycles. The van der Waals surface area contributed by atoms with Crippen molar-refractivity contribution >= 4 is 0 Å². The number of aryl methyl sites for hydroxylation is 1. The van der Waals surface area contributed by atoms with Crippen molar-refractivity contribution in [2.75, 3.05) is 13.1 Å². The second-order valence-electron chi connectivity index (χ2n) is 7.99. The van der Waals surface area contributed by atoms with E-state index in [0.717, 1.165) is 31.7 Å². The molecule has 1 saturated heterocycles. The molecule has 0 atom stereocenters. The minimum Gasteiger partial charge on any atom is -0.479 e. The molecule has 2 aromatic rings. The fourth-order valence-corrected chi connectivity index (χ4v) is 4.02. The summed E-state index contributed by atoms with van der Waals surface area (Å²) in [4.78, 5) is 2.57. The van der Waals surface area contributed by atoms with Crippen molar-refractivity contribution in [2.45, 2.75) is 51.7 Å². The highest BCUT2D eigenvalue weighted by atomic mass is 16.5. The Balaban J connectivity index is 1.72. The second-order valence-corrected chi connectivity index (χ2v) is 7.99. The van der Waals surface area contributed by atoms with Crippen LogP contribution in [0.2, 0.25) is 0 Å². The Bertz CT molecular complexity index is 730. The predicted octanol–water partition coefficient (Wildman–Crippen LogP) is 4.27. The second kappa shape index (κ2) is 4.88. The van der Waals surface area contributed by atoms with Crippen molar-refractivity contribution in [2.24, 2.45) is 0 Å². The SMILES string of the molecule is Cc1ccc2c(c1)OC1(CCN(C(C)(C)C)CC1)c1cccn1-2. The number of hydrogen-bond acceptors (Lipinski definition) is 2. The first-order valence-electron chi connectivity index (χ1n) is 8.62. The van der Waals surface area contributed by atoms with Crippen LogP contribution in [0.1, 0.15) is 44.9 Å². The van der Waals surface area contributed by atoms with Crippen molar-refractivity contribution in [1.29, 1.82) is 0 Å². The molecule has 0 N–H and O–H groups in total. The quantitative estimate of drug-likeness (QED) is 0.723. The molecule has 122 valence electrons. The van der Waals surface area contributed by atoms with E-state index in [9.17, 15) is 0 Å². The summed E-state index contributed by atoms with van der Waals surface area (Å²) in [5, 5.41) is 0. The number of piperidine rings is 1. The largest absolute Gasteiger partial charge is 0.479 e. The van der Waals surface area contributed by atoms with E-state index in [1.165, 1.54) is 16.9 Å². The van der Waals surface area contributed by atoms with E-state index in [1.807, 2.05) is 0 Å². The van der Waals surface area contributed by atoms with Gasteiger partial charge in [0.05, 0.1) is 11.4 Å². The van der Waals surface area contributed by atoms with Crippen molar-refractivity contribution in [3.63, 3.8) is 0 Å². The average Bonchev–Trinajstić information content (AvgIpc) is 2.97. The average molecular weight is 310 g/mol. The molecule has 1 aromatic heterocycles. The monoisotopic (exact) mass is 310 g/mol. The molecule has 4 rings (SSSR count). The maximum Gasteiger partial charge on any atom is 0.152 e. The van der Waals surface area contributed by atoms with Gasteiger partial charge >= 0.3 is 0 Å². The summed E-state index contributed by atoms with van der Waals surface area (Å²) in [7, 11) is 0. The molecular weight excluding hydrogens is 284 g/mol. The molecule has 0 saturated carbocycles. The molecule has 0 aliphatic carbocycles. The van der Waals surface area contributed by atoms with E-state index in [2.05, 4.69) is 73.7 Å². The number of ether oxygens (including phenoxy) is 1. The molecule has 3 heteroatoms. The Hall–Kier alpha value is -1.74. The summed E-state index contributed by atoms with van der Waals surface area (Å²) >= 11 is 0. The van der Waals surface area contributed by atoms with Gasteiger partial charge in [0.15, 0.2) is 5.60 Å². The van der Waals surface area contributed by atoms with Crippen LogP contribution >= 0.6 is 0 Å². The summed E-state index contributed by atoms with van der Waals surface area (Å²) < 4.78 is 8.96. The lowest BCUT2D eigenvalue weighted by atomic mass is 9.84. The van der Waals surface area contributed by atoms with Crippen molar-refractivity contribution in [3.8, 4) is 11.4 Å². The summed E-state index contributed by atoms with van der Waals surface area (Å²) in [5.41, 5.74) is 3.78. The molecule has 1 fully saturated rings. The summed E-state index contributed by atoms with van der Waals surface area (Å²) in [5.74, 6) is 1.03. The van der Waals surface area contributed by atoms with Gasteiger partial charge in [-0.3, -0.25) is 4.90 Å². The van der Waals surface area contributed by atoms with E-state index in [1.54, 1.807) is 0 Å². The van der Waals surface area contributed by atoms with E-state index >= 15 is 0 Å². The third-order valence-corrected chi connectivity index (χ3v) is 5.42. The van der Waals surface area contributed by atoms with Crippen LogP contribution in [0.5, 0.6) is 5.75 Å². The van der Waals surface area contributed by atoms with Gasteiger partial charge < -0.3 is 9.30 Å². The number of rotatable bonds is 0. The Morgan fingerprint density at radius 3 is 2.52 bits per heavy atom. The van der Waals surface area contributed by atoms with Gasteiger partial charge in [0, 0.05) is 37.7 Å². The number of benzene rings is 1. The van der Waals surface area contributed by atoms with Gasteiger partial charge in [-0.25, -0.2) is 0 Å². The van der Waals surface area contributed by atoms with Crippen LogP contribution in [-0.4, -0.2) is 28.1 Å². The molecule has 0 amide bonds. The van der Waals surface area contributed by atoms with Gasteiger partial charge in [0.2, 0.25) is 0 Å². The molecule has 3 nitrogen and oxygen atoms in total. The third-order valence-electron chi connectivity index (χ3n) is 5.42. The van der Waals surface area contributed by atoms with E-state index in [4.69, 9.17) is 4.74 Å². The van der Waals surface area contributed by atoms with Gasteiger partial charge in [0.1, 0.15) is 5.75 Å². The van der Waals surface area contributed by atoms with Crippen LogP contribution in [0.4, 0.5) is 0 Å². The van der Waals surface area contributed by atoms with Crippen LogP contribution in [0.15, 0.2) is 36.5 Å². The van der Waals surface area contributed by atoms with Crippen molar-refractivity contribution in [1.82, 2.24) is 9.47 Å². The zero-order valence-electron chi connectivity index (χ0n) is 14.6. The lowest BCUT2D eigenvalue weighted by Crippen LogP contribution is -2.53. The number of hydrogen-bond donors (Lipinski definition) is 0. The fraction of sp³-hybridized carbons (Fsp3) is 0.500. The van der Waals surface area contributed by atoms with E-state index in [0.29, 0.717) is 0 Å². The van der Waals surface area contributed by atoms with Crippen LogP contribution in [0.3, 0.4) is 0 Å². The van der Waals surface area contributed by atoms with Crippen LogP contribution in [0, 0.1) is 6.92 Å². The number of likely N-dealkylation sites (tertiary alicyclic amines) is 1. The minimum atomic E-state index is -0.175. The molecule has 0 bridgehead atoms. The highest BCUT2D eigenvalue weighted by Crippen LogP contribution is 2.45. The molecular formula is C20H26N2O. The van der Waals surface area contributed by atoms with E-state index in [-0.39, 0.29) is 11.1 Å². The molecule has 0 radical (unpaired) electrons. The summed E-state index contributed by atoms with van der Waals surface area (Å²) in [6, 6.07) is 10.9. The standard InChI is InChI=1S/C20H26N2O/c1-15-7-8-16-17(14-15)23-20(18-6-5-11-22(16)18)9-12-21(13-10-20)19(2,3)4/h5-8,11,14H,9-10,12-13H2,1-4H3. The smallest absolute Gasteiger partial charge is 0.152 e. The molecule has 1 spiro atoms. The van der Waals surface area contributed by atoms with Crippen molar-refractivity contribution in [3.05, 3.63) is 47.8 Å². The van der Waals surface area contributed by atoms with Gasteiger partial charge in [0.25, 0.3) is 0 Å². The van der Waals surface area contributed by atoms with Crippen LogP contribution in [0.25, 0.3) is 5.69 Å². The number of aromatic nitrogens is 1. The molecule has 2 aliphatic rings. The normalized spacial score (nSPS) is 20.0. The molecule has 0 unspecified atom stereocenters. The molecule has 3 heterocycles. The first-order chi connectivity index (χ1) is 10.9. The topological polar surface area (TPSA) is 17.4 Å². The predicted molar refractivity (Wildman–Crippen MR) is 93.4 cm³/mol. The summed E-state index contributed by atoms with van der Waals surface area (Å²) in [6.45, 7) is 11.2. The maximum absolute atomic E-state index is 6.64. The summed E-state index contributed by atoms with van der Waals surface area (Å²) in [6.07, 6.45) is 4.26. The highest BCUT2D eigenvalue weighted by Gasteiger charge is 2.45. The first kappa shape index (κ1) is 14.8. The Labute approximate surface area is 138 Å². The van der Waals surface area contributed by atoms with Gasteiger partial charge in [-0.1, -0.05) is 6.07 Å². The maximum atomic E-state index is 6.64. The fourth-order valence-electron chi connectivity index (χ4n) is 4.02. The van der Waals surface area contributed by atoms with Gasteiger partial charge in [-0.2, -0.15) is 0 Å².